The van der Waals surface area contributed by atoms with Gasteiger partial charge >= 0.3 is 5.97 Å². The quantitative estimate of drug-likeness (QED) is 0.308. The third-order valence-electron chi connectivity index (χ3n) is 5.34. The Balaban J connectivity index is 2.72. The maximum absolute atomic E-state index is 12.7. The second kappa shape index (κ2) is 11.3. The molecule has 5 heteroatoms. The molecule has 0 aromatic rings. The second-order valence-corrected chi connectivity index (χ2v) is 7.97. The third kappa shape index (κ3) is 7.12. The maximum Gasteiger partial charge on any atom is 0.303 e. The first-order valence-electron chi connectivity index (χ1n) is 9.98. The number of carboxylic acid groups (broad SMARTS) is 1. The summed E-state index contributed by atoms with van der Waals surface area (Å²) in [7, 11) is 0. The number of aliphatic carboxylic acids is 1. The van der Waals surface area contributed by atoms with Gasteiger partial charge in [-0.1, -0.05) is 52.2 Å². The number of ketones is 1. The summed E-state index contributed by atoms with van der Waals surface area (Å²) in [5, 5.41) is 29.3. The average Bonchev–Trinajstić information content (AvgIpc) is 2.76. The van der Waals surface area contributed by atoms with E-state index in [2.05, 4.69) is 18.8 Å². The number of aliphatic hydroxyl groups is 2. The average molecular weight is 379 g/mol. The van der Waals surface area contributed by atoms with Gasteiger partial charge in [-0.2, -0.15) is 0 Å². The van der Waals surface area contributed by atoms with Gasteiger partial charge in [0.1, 0.15) is 5.78 Å². The first-order valence-corrected chi connectivity index (χ1v) is 9.98. The van der Waals surface area contributed by atoms with Crippen molar-refractivity contribution in [3.63, 3.8) is 0 Å². The van der Waals surface area contributed by atoms with Crippen LogP contribution in [0, 0.1) is 29.1 Å². The number of carbonyl (C=O) groups is 2. The molecule has 4 atom stereocenters. The molecule has 27 heavy (non-hydrogen) atoms. The van der Waals surface area contributed by atoms with E-state index >= 15 is 0 Å². The zero-order valence-electron chi connectivity index (χ0n) is 16.8. The highest BCUT2D eigenvalue weighted by Gasteiger charge is 2.52. The fraction of sp³-hybridized carbons (Fsp3) is 0.727. The fourth-order valence-electron chi connectivity index (χ4n) is 3.52. The zero-order valence-corrected chi connectivity index (χ0v) is 16.8. The van der Waals surface area contributed by atoms with E-state index in [9.17, 15) is 19.8 Å². The molecule has 1 aliphatic rings. The summed E-state index contributed by atoms with van der Waals surface area (Å²) < 4.78 is 0. The Morgan fingerprint density at radius 2 is 1.96 bits per heavy atom. The largest absolute Gasteiger partial charge is 0.481 e. The molecule has 0 bridgehead atoms. The summed E-state index contributed by atoms with van der Waals surface area (Å²) in [4.78, 5) is 23.2. The SMILES string of the molecule is CCCCC[C@H](O)/C=C/C1[C@@H](CC#CCCCC(=O)O)C(=O)C(C)(C)[C@H]1O. The van der Waals surface area contributed by atoms with Gasteiger partial charge in [-0.05, 0) is 12.8 Å². The Labute approximate surface area is 162 Å². The lowest BCUT2D eigenvalue weighted by atomic mass is 9.86. The van der Waals surface area contributed by atoms with Crippen molar-refractivity contribution in [3.05, 3.63) is 12.2 Å². The maximum atomic E-state index is 12.7. The molecule has 0 aromatic carbocycles. The Kier molecular flexibility index (Phi) is 9.76. The van der Waals surface area contributed by atoms with Crippen LogP contribution in [-0.2, 0) is 9.59 Å². The number of unbranched alkanes of at least 4 members (excludes halogenated alkanes) is 3. The summed E-state index contributed by atoms with van der Waals surface area (Å²) in [6.45, 7) is 5.61. The van der Waals surface area contributed by atoms with Crippen molar-refractivity contribution in [2.45, 2.75) is 84.3 Å². The molecule has 1 aliphatic carbocycles. The predicted molar refractivity (Wildman–Crippen MR) is 105 cm³/mol. The Hall–Kier alpha value is -1.64. The highest BCUT2D eigenvalue weighted by Crippen LogP contribution is 2.44. The van der Waals surface area contributed by atoms with Gasteiger partial charge in [0.25, 0.3) is 0 Å². The molecule has 1 unspecified atom stereocenters. The molecule has 0 spiro atoms. The number of carboxylic acids is 1. The summed E-state index contributed by atoms with van der Waals surface area (Å²) in [6, 6.07) is 0. The van der Waals surface area contributed by atoms with Crippen LogP contribution in [0.15, 0.2) is 12.2 Å². The zero-order chi connectivity index (χ0) is 20.4. The van der Waals surface area contributed by atoms with Gasteiger partial charge in [0.05, 0.1) is 17.6 Å². The summed E-state index contributed by atoms with van der Waals surface area (Å²) in [6.07, 6.45) is 7.30. The fourth-order valence-corrected chi connectivity index (χ4v) is 3.52. The first kappa shape index (κ1) is 23.4. The standard InChI is InChI=1S/C22H34O5/c1-4-5-8-11-16(23)14-15-18-17(20(26)22(2,3)21(18)27)12-9-6-7-10-13-19(24)25/h14-18,21,23,27H,4-5,7-8,10-13H2,1-3H3,(H,24,25)/b15-14+/t16-,17+,18?,21-/m0/s1. The summed E-state index contributed by atoms with van der Waals surface area (Å²) >= 11 is 0. The number of carbonyl (C=O) groups excluding carboxylic acids is 1. The van der Waals surface area contributed by atoms with Gasteiger partial charge in [-0.25, -0.2) is 0 Å². The number of hydrogen-bond donors (Lipinski definition) is 3. The van der Waals surface area contributed by atoms with Crippen LogP contribution in [0.2, 0.25) is 0 Å². The van der Waals surface area contributed by atoms with Crippen molar-refractivity contribution in [1.29, 1.82) is 0 Å². The minimum absolute atomic E-state index is 0.00930. The molecule has 0 aromatic heterocycles. The van der Waals surface area contributed by atoms with E-state index in [0.29, 0.717) is 25.7 Å². The van der Waals surface area contributed by atoms with Gasteiger partial charge in [0.15, 0.2) is 0 Å². The molecule has 1 rings (SSSR count). The lowest BCUT2D eigenvalue weighted by molar-refractivity contribution is -0.137. The van der Waals surface area contributed by atoms with E-state index in [1.807, 2.05) is 0 Å². The van der Waals surface area contributed by atoms with Gasteiger partial charge < -0.3 is 15.3 Å². The van der Waals surface area contributed by atoms with Crippen LogP contribution in [-0.4, -0.2) is 39.3 Å². The van der Waals surface area contributed by atoms with Crippen LogP contribution in [0.5, 0.6) is 0 Å². The lowest BCUT2D eigenvalue weighted by Gasteiger charge is -2.22. The van der Waals surface area contributed by atoms with Crippen molar-refractivity contribution in [3.8, 4) is 11.8 Å². The van der Waals surface area contributed by atoms with E-state index in [-0.39, 0.29) is 18.1 Å². The smallest absolute Gasteiger partial charge is 0.303 e. The normalized spacial score (nSPS) is 25.4. The van der Waals surface area contributed by atoms with Gasteiger partial charge in [-0.15, -0.1) is 11.8 Å². The molecule has 0 aliphatic heterocycles. The van der Waals surface area contributed by atoms with Crippen LogP contribution in [0.4, 0.5) is 0 Å². The minimum Gasteiger partial charge on any atom is -0.481 e. The molecular weight excluding hydrogens is 344 g/mol. The van der Waals surface area contributed by atoms with Crippen molar-refractivity contribution in [1.82, 2.24) is 0 Å². The number of aliphatic hydroxyl groups excluding tert-OH is 2. The van der Waals surface area contributed by atoms with Crippen molar-refractivity contribution in [2.24, 2.45) is 17.3 Å². The van der Waals surface area contributed by atoms with E-state index in [4.69, 9.17) is 5.11 Å². The van der Waals surface area contributed by atoms with E-state index < -0.39 is 29.5 Å². The van der Waals surface area contributed by atoms with E-state index in [0.717, 1.165) is 19.3 Å². The number of hydrogen-bond acceptors (Lipinski definition) is 4. The van der Waals surface area contributed by atoms with Crippen LogP contribution in [0.3, 0.4) is 0 Å². The highest BCUT2D eigenvalue weighted by molar-refractivity contribution is 5.90. The summed E-state index contributed by atoms with van der Waals surface area (Å²) in [5.74, 6) is 4.30. The van der Waals surface area contributed by atoms with Crippen molar-refractivity contribution in [2.75, 3.05) is 0 Å². The first-order chi connectivity index (χ1) is 12.7. The van der Waals surface area contributed by atoms with Crippen LogP contribution >= 0.6 is 0 Å². The second-order valence-electron chi connectivity index (χ2n) is 7.97. The highest BCUT2D eigenvalue weighted by atomic mass is 16.4. The van der Waals surface area contributed by atoms with Gasteiger partial charge in [0.2, 0.25) is 0 Å². The van der Waals surface area contributed by atoms with E-state index in [1.165, 1.54) is 0 Å². The predicted octanol–water partition coefficient (Wildman–Crippen LogP) is 3.33. The Morgan fingerprint density at radius 1 is 1.26 bits per heavy atom. The topological polar surface area (TPSA) is 94.8 Å². The number of rotatable bonds is 10. The van der Waals surface area contributed by atoms with Crippen molar-refractivity contribution < 1.29 is 24.9 Å². The summed E-state index contributed by atoms with van der Waals surface area (Å²) in [5.41, 5.74) is -0.835. The molecule has 1 saturated carbocycles. The monoisotopic (exact) mass is 378 g/mol. The minimum atomic E-state index is -0.838. The molecule has 0 saturated heterocycles. The van der Waals surface area contributed by atoms with E-state index in [1.54, 1.807) is 26.0 Å². The molecule has 0 heterocycles. The molecule has 1 fully saturated rings. The lowest BCUT2D eigenvalue weighted by Crippen LogP contribution is -2.31. The molecule has 3 N–H and O–H groups in total. The number of Topliss-reactive ketones (excluding diaryl/α,β-unsaturated/α-hetero) is 1. The molecule has 0 radical (unpaired) electrons. The molecular formula is C22H34O5. The molecule has 0 amide bonds. The Morgan fingerprint density at radius 3 is 2.59 bits per heavy atom. The van der Waals surface area contributed by atoms with Crippen LogP contribution in [0.25, 0.3) is 0 Å². The van der Waals surface area contributed by atoms with Gasteiger partial charge in [0, 0.05) is 31.1 Å². The third-order valence-corrected chi connectivity index (χ3v) is 5.34. The molecule has 5 nitrogen and oxygen atoms in total. The van der Waals surface area contributed by atoms with Gasteiger partial charge in [-0.3, -0.25) is 9.59 Å². The Bertz CT molecular complexity index is 581. The van der Waals surface area contributed by atoms with Crippen molar-refractivity contribution >= 4 is 11.8 Å². The van der Waals surface area contributed by atoms with Crippen LogP contribution < -0.4 is 0 Å². The van der Waals surface area contributed by atoms with Crippen LogP contribution in [0.1, 0.15) is 72.1 Å². The molecule has 152 valence electrons.